The average Bonchev–Trinajstić information content (AvgIpc) is 2.97. The number of halogens is 1. The van der Waals surface area contributed by atoms with Crippen molar-refractivity contribution in [1.82, 2.24) is 4.98 Å². The minimum atomic E-state index is -0.445. The zero-order valence-corrected chi connectivity index (χ0v) is 12.0. The van der Waals surface area contributed by atoms with E-state index in [4.69, 9.17) is 0 Å². The molecular formula is C15H10FN3O2S. The number of nitro benzene ring substituents is 1. The van der Waals surface area contributed by atoms with Crippen LogP contribution in [-0.2, 0) is 0 Å². The summed E-state index contributed by atoms with van der Waals surface area (Å²) in [5.41, 5.74) is 2.33. The van der Waals surface area contributed by atoms with E-state index in [0.717, 1.165) is 11.3 Å². The van der Waals surface area contributed by atoms with Gasteiger partial charge in [0.25, 0.3) is 5.69 Å². The van der Waals surface area contributed by atoms with Gasteiger partial charge in [-0.2, -0.15) is 0 Å². The van der Waals surface area contributed by atoms with Crippen LogP contribution in [0.25, 0.3) is 11.3 Å². The van der Waals surface area contributed by atoms with Gasteiger partial charge in [-0.05, 0) is 36.4 Å². The maximum absolute atomic E-state index is 12.9. The minimum Gasteiger partial charge on any atom is -0.332 e. The van der Waals surface area contributed by atoms with Crippen LogP contribution in [0, 0.1) is 15.9 Å². The summed E-state index contributed by atoms with van der Waals surface area (Å²) in [6.45, 7) is 0. The molecule has 0 aliphatic carbocycles. The largest absolute Gasteiger partial charge is 0.332 e. The van der Waals surface area contributed by atoms with E-state index in [1.165, 1.54) is 35.6 Å². The van der Waals surface area contributed by atoms with Gasteiger partial charge in [0, 0.05) is 28.8 Å². The van der Waals surface area contributed by atoms with E-state index in [9.17, 15) is 14.5 Å². The molecule has 5 nitrogen and oxygen atoms in total. The Morgan fingerprint density at radius 1 is 1.09 bits per heavy atom. The van der Waals surface area contributed by atoms with Crippen LogP contribution in [0.3, 0.4) is 0 Å². The first-order chi connectivity index (χ1) is 10.6. The Hall–Kier alpha value is -2.80. The molecule has 0 aliphatic heterocycles. The average molecular weight is 315 g/mol. The second-order valence-corrected chi connectivity index (χ2v) is 5.33. The summed E-state index contributed by atoms with van der Waals surface area (Å²) in [5.74, 6) is -0.289. The monoisotopic (exact) mass is 315 g/mol. The first kappa shape index (κ1) is 14.2. The molecule has 0 radical (unpaired) electrons. The molecule has 110 valence electrons. The molecule has 0 saturated carbocycles. The summed E-state index contributed by atoms with van der Waals surface area (Å²) in [5, 5.41) is 16.2. The third-order valence-electron chi connectivity index (χ3n) is 2.97. The zero-order chi connectivity index (χ0) is 15.5. The SMILES string of the molecule is O=[N+]([O-])c1ccc(Nc2nc(-c3ccc(F)cc3)cs2)cc1. The number of hydrogen-bond acceptors (Lipinski definition) is 5. The van der Waals surface area contributed by atoms with Crippen molar-refractivity contribution in [2.45, 2.75) is 0 Å². The van der Waals surface area contributed by atoms with Crippen molar-refractivity contribution in [3.63, 3.8) is 0 Å². The molecule has 7 heteroatoms. The fraction of sp³-hybridized carbons (Fsp3) is 0. The Morgan fingerprint density at radius 2 is 1.77 bits per heavy atom. The topological polar surface area (TPSA) is 68.1 Å². The summed E-state index contributed by atoms with van der Waals surface area (Å²) in [4.78, 5) is 14.6. The molecule has 0 spiro atoms. The van der Waals surface area contributed by atoms with E-state index in [0.29, 0.717) is 10.8 Å². The Kier molecular flexibility index (Phi) is 3.80. The lowest BCUT2D eigenvalue weighted by Gasteiger charge is -2.01. The molecule has 2 aromatic carbocycles. The van der Waals surface area contributed by atoms with Gasteiger partial charge < -0.3 is 5.32 Å². The van der Waals surface area contributed by atoms with E-state index >= 15 is 0 Å². The molecule has 0 atom stereocenters. The number of benzene rings is 2. The fourth-order valence-corrected chi connectivity index (χ4v) is 2.61. The number of non-ortho nitro benzene ring substituents is 1. The van der Waals surface area contributed by atoms with Crippen LogP contribution < -0.4 is 5.32 Å². The Bertz CT molecular complexity index is 800. The van der Waals surface area contributed by atoms with Gasteiger partial charge in [0.2, 0.25) is 0 Å². The van der Waals surface area contributed by atoms with Crippen molar-refractivity contribution in [2.24, 2.45) is 0 Å². The molecule has 0 fully saturated rings. The summed E-state index contributed by atoms with van der Waals surface area (Å²) < 4.78 is 12.9. The normalized spacial score (nSPS) is 10.4. The highest BCUT2D eigenvalue weighted by molar-refractivity contribution is 7.14. The van der Waals surface area contributed by atoms with Crippen LogP contribution in [0.15, 0.2) is 53.9 Å². The van der Waals surface area contributed by atoms with Crippen molar-refractivity contribution in [1.29, 1.82) is 0 Å². The van der Waals surface area contributed by atoms with Crippen molar-refractivity contribution >= 4 is 27.8 Å². The van der Waals surface area contributed by atoms with Gasteiger partial charge in [-0.15, -0.1) is 11.3 Å². The molecule has 3 rings (SSSR count). The molecule has 0 aliphatic rings. The lowest BCUT2D eigenvalue weighted by atomic mass is 10.2. The van der Waals surface area contributed by atoms with Crippen molar-refractivity contribution in [2.75, 3.05) is 5.32 Å². The summed E-state index contributed by atoms with van der Waals surface area (Å²) in [6.07, 6.45) is 0. The highest BCUT2D eigenvalue weighted by Gasteiger charge is 2.07. The lowest BCUT2D eigenvalue weighted by Crippen LogP contribution is -1.91. The quantitative estimate of drug-likeness (QED) is 0.564. The summed E-state index contributed by atoms with van der Waals surface area (Å²) in [6, 6.07) is 12.2. The number of hydrogen-bond donors (Lipinski definition) is 1. The van der Waals surface area contributed by atoms with Crippen LogP contribution in [0.2, 0.25) is 0 Å². The molecule has 1 heterocycles. The van der Waals surface area contributed by atoms with Gasteiger partial charge in [-0.1, -0.05) is 0 Å². The van der Waals surface area contributed by atoms with Gasteiger partial charge in [-0.25, -0.2) is 9.37 Å². The second-order valence-electron chi connectivity index (χ2n) is 4.47. The molecule has 22 heavy (non-hydrogen) atoms. The second kappa shape index (κ2) is 5.90. The van der Waals surface area contributed by atoms with E-state index in [1.54, 1.807) is 24.3 Å². The predicted octanol–water partition coefficient (Wildman–Crippen LogP) is 4.60. The molecule has 0 amide bonds. The summed E-state index contributed by atoms with van der Waals surface area (Å²) in [7, 11) is 0. The number of thiazole rings is 1. The number of anilines is 2. The van der Waals surface area contributed by atoms with Crippen LogP contribution in [0.5, 0.6) is 0 Å². The standard InChI is InChI=1S/C15H10FN3O2S/c16-11-3-1-10(2-4-11)14-9-22-15(18-14)17-12-5-7-13(8-6-12)19(20)21/h1-9H,(H,17,18). The summed E-state index contributed by atoms with van der Waals surface area (Å²) >= 11 is 1.40. The number of nitrogens with one attached hydrogen (secondary N) is 1. The van der Waals surface area contributed by atoms with Gasteiger partial charge in [0.15, 0.2) is 5.13 Å². The van der Waals surface area contributed by atoms with Crippen LogP contribution in [0.1, 0.15) is 0 Å². The third-order valence-corrected chi connectivity index (χ3v) is 3.73. The van der Waals surface area contributed by atoms with Gasteiger partial charge in [-0.3, -0.25) is 10.1 Å². The van der Waals surface area contributed by atoms with E-state index in [-0.39, 0.29) is 11.5 Å². The zero-order valence-electron chi connectivity index (χ0n) is 11.2. The van der Waals surface area contributed by atoms with Crippen molar-refractivity contribution in [3.8, 4) is 11.3 Å². The van der Waals surface area contributed by atoms with E-state index in [1.807, 2.05) is 5.38 Å². The van der Waals surface area contributed by atoms with Crippen LogP contribution >= 0.6 is 11.3 Å². The molecule has 3 aromatic rings. The highest BCUT2D eigenvalue weighted by Crippen LogP contribution is 2.27. The first-order valence-corrected chi connectivity index (χ1v) is 7.23. The smallest absolute Gasteiger partial charge is 0.269 e. The fourth-order valence-electron chi connectivity index (χ4n) is 1.87. The Labute approximate surface area is 129 Å². The number of aromatic nitrogens is 1. The first-order valence-electron chi connectivity index (χ1n) is 6.35. The van der Waals surface area contributed by atoms with Gasteiger partial charge in [0.05, 0.1) is 10.6 Å². The maximum Gasteiger partial charge on any atom is 0.269 e. The molecular weight excluding hydrogens is 305 g/mol. The molecule has 0 unspecified atom stereocenters. The molecule has 1 N–H and O–H groups in total. The molecule has 1 aromatic heterocycles. The maximum atomic E-state index is 12.9. The lowest BCUT2D eigenvalue weighted by molar-refractivity contribution is -0.384. The number of nitro groups is 1. The van der Waals surface area contributed by atoms with Crippen LogP contribution in [-0.4, -0.2) is 9.91 Å². The molecule has 0 saturated heterocycles. The van der Waals surface area contributed by atoms with Crippen LogP contribution in [0.4, 0.5) is 20.9 Å². The van der Waals surface area contributed by atoms with Gasteiger partial charge in [0.1, 0.15) is 5.82 Å². The highest BCUT2D eigenvalue weighted by atomic mass is 32.1. The Morgan fingerprint density at radius 3 is 2.41 bits per heavy atom. The Balaban J connectivity index is 1.76. The number of nitrogens with zero attached hydrogens (tertiary/aromatic N) is 2. The predicted molar refractivity (Wildman–Crippen MR) is 83.9 cm³/mol. The number of rotatable bonds is 4. The third kappa shape index (κ3) is 3.09. The molecule has 0 bridgehead atoms. The van der Waals surface area contributed by atoms with Gasteiger partial charge >= 0.3 is 0 Å². The minimum absolute atomic E-state index is 0.0386. The van der Waals surface area contributed by atoms with Crippen molar-refractivity contribution < 1.29 is 9.31 Å². The van der Waals surface area contributed by atoms with E-state index < -0.39 is 4.92 Å². The van der Waals surface area contributed by atoms with Crippen molar-refractivity contribution in [3.05, 3.63) is 69.8 Å². The van der Waals surface area contributed by atoms with E-state index in [2.05, 4.69) is 10.3 Å².